The SMILES string of the molecule is Cn1cccc1C=NNc1nc(-c2ccc([N+](=O)[O-])cc2)cs1. The molecule has 3 rings (SSSR count). The molecular formula is C15H13N5O2S. The summed E-state index contributed by atoms with van der Waals surface area (Å²) < 4.78 is 1.95. The van der Waals surface area contributed by atoms with E-state index < -0.39 is 4.92 Å². The van der Waals surface area contributed by atoms with Crippen molar-refractivity contribution in [2.24, 2.45) is 12.1 Å². The van der Waals surface area contributed by atoms with Gasteiger partial charge in [0.15, 0.2) is 0 Å². The van der Waals surface area contributed by atoms with Crippen molar-refractivity contribution in [2.45, 2.75) is 0 Å². The first-order chi connectivity index (χ1) is 11.1. The molecule has 0 amide bonds. The molecule has 0 aliphatic heterocycles. The normalized spacial score (nSPS) is 11.0. The first-order valence-corrected chi connectivity index (χ1v) is 7.62. The van der Waals surface area contributed by atoms with Crippen molar-refractivity contribution in [3.8, 4) is 11.3 Å². The first kappa shape index (κ1) is 14.9. The summed E-state index contributed by atoms with van der Waals surface area (Å²) in [5.41, 5.74) is 5.50. The molecular weight excluding hydrogens is 314 g/mol. The highest BCUT2D eigenvalue weighted by molar-refractivity contribution is 7.14. The number of nitro groups is 1. The number of aromatic nitrogens is 2. The van der Waals surface area contributed by atoms with E-state index in [0.29, 0.717) is 5.13 Å². The lowest BCUT2D eigenvalue weighted by atomic mass is 10.1. The molecule has 2 heterocycles. The van der Waals surface area contributed by atoms with Crippen LogP contribution in [0, 0.1) is 10.1 Å². The molecule has 0 radical (unpaired) electrons. The van der Waals surface area contributed by atoms with Crippen LogP contribution in [0.5, 0.6) is 0 Å². The van der Waals surface area contributed by atoms with E-state index in [1.807, 2.05) is 35.3 Å². The van der Waals surface area contributed by atoms with E-state index in [9.17, 15) is 10.1 Å². The minimum absolute atomic E-state index is 0.0643. The van der Waals surface area contributed by atoms with Crippen molar-refractivity contribution in [2.75, 3.05) is 5.43 Å². The third kappa shape index (κ3) is 3.43. The Balaban J connectivity index is 1.69. The summed E-state index contributed by atoms with van der Waals surface area (Å²) in [6.07, 6.45) is 3.66. The molecule has 0 atom stereocenters. The van der Waals surface area contributed by atoms with E-state index in [1.54, 1.807) is 18.3 Å². The van der Waals surface area contributed by atoms with Crippen LogP contribution in [0.2, 0.25) is 0 Å². The van der Waals surface area contributed by atoms with Crippen LogP contribution in [-0.2, 0) is 7.05 Å². The summed E-state index contributed by atoms with van der Waals surface area (Å²) in [4.78, 5) is 14.6. The van der Waals surface area contributed by atoms with Crippen molar-refractivity contribution < 1.29 is 4.92 Å². The van der Waals surface area contributed by atoms with Gasteiger partial charge in [0.1, 0.15) is 0 Å². The van der Waals surface area contributed by atoms with Crippen LogP contribution in [0.25, 0.3) is 11.3 Å². The number of thiazole rings is 1. The van der Waals surface area contributed by atoms with Gasteiger partial charge < -0.3 is 4.57 Å². The van der Waals surface area contributed by atoms with E-state index in [2.05, 4.69) is 15.5 Å². The van der Waals surface area contributed by atoms with Gasteiger partial charge in [0.25, 0.3) is 5.69 Å². The molecule has 23 heavy (non-hydrogen) atoms. The van der Waals surface area contributed by atoms with Gasteiger partial charge in [-0.25, -0.2) is 4.98 Å². The topological polar surface area (TPSA) is 85.3 Å². The fourth-order valence-electron chi connectivity index (χ4n) is 1.97. The summed E-state index contributed by atoms with van der Waals surface area (Å²) in [6.45, 7) is 0. The van der Waals surface area contributed by atoms with Gasteiger partial charge in [-0.2, -0.15) is 5.10 Å². The fraction of sp³-hybridized carbons (Fsp3) is 0.0667. The molecule has 1 N–H and O–H groups in total. The van der Waals surface area contributed by atoms with Crippen molar-refractivity contribution in [1.82, 2.24) is 9.55 Å². The Bertz CT molecular complexity index is 851. The fourth-order valence-corrected chi connectivity index (χ4v) is 2.64. The molecule has 0 fully saturated rings. The molecule has 0 unspecified atom stereocenters. The predicted molar refractivity (Wildman–Crippen MR) is 90.8 cm³/mol. The zero-order valence-corrected chi connectivity index (χ0v) is 13.0. The van der Waals surface area contributed by atoms with Gasteiger partial charge in [-0.05, 0) is 24.3 Å². The molecule has 0 aliphatic carbocycles. The Hall–Kier alpha value is -3.00. The lowest BCUT2D eigenvalue weighted by molar-refractivity contribution is -0.384. The molecule has 1 aromatic carbocycles. The second-order valence-electron chi connectivity index (χ2n) is 4.76. The molecule has 8 heteroatoms. The van der Waals surface area contributed by atoms with Crippen LogP contribution in [0.15, 0.2) is 53.1 Å². The number of benzene rings is 1. The number of aryl methyl sites for hydroxylation is 1. The van der Waals surface area contributed by atoms with Gasteiger partial charge in [0.2, 0.25) is 5.13 Å². The quantitative estimate of drug-likeness (QED) is 0.441. The lowest BCUT2D eigenvalue weighted by Crippen LogP contribution is -1.95. The van der Waals surface area contributed by atoms with Crippen molar-refractivity contribution in [3.05, 3.63) is 63.8 Å². The highest BCUT2D eigenvalue weighted by atomic mass is 32.1. The highest BCUT2D eigenvalue weighted by Gasteiger charge is 2.07. The summed E-state index contributed by atoms with van der Waals surface area (Å²) >= 11 is 1.42. The largest absolute Gasteiger partial charge is 0.350 e. The third-order valence-corrected chi connectivity index (χ3v) is 3.97. The van der Waals surface area contributed by atoms with E-state index in [1.165, 1.54) is 23.5 Å². The molecule has 0 saturated carbocycles. The van der Waals surface area contributed by atoms with Gasteiger partial charge >= 0.3 is 0 Å². The minimum Gasteiger partial charge on any atom is -0.350 e. The average Bonchev–Trinajstić information content (AvgIpc) is 3.17. The summed E-state index contributed by atoms with van der Waals surface area (Å²) in [5, 5.41) is 17.3. The molecule has 0 saturated heterocycles. The highest BCUT2D eigenvalue weighted by Crippen LogP contribution is 2.26. The standard InChI is InChI=1S/C15H13N5O2S/c1-19-8-2-3-13(19)9-16-18-15-17-14(10-23-15)11-4-6-12(7-5-11)20(21)22/h2-10H,1H3,(H,17,18). The van der Waals surface area contributed by atoms with Crippen LogP contribution in [0.3, 0.4) is 0 Å². The zero-order valence-electron chi connectivity index (χ0n) is 12.2. The van der Waals surface area contributed by atoms with Gasteiger partial charge in [-0.3, -0.25) is 15.5 Å². The Morgan fingerprint density at radius 1 is 1.35 bits per heavy atom. The smallest absolute Gasteiger partial charge is 0.269 e. The second-order valence-corrected chi connectivity index (χ2v) is 5.61. The Labute approximate surface area is 136 Å². The van der Waals surface area contributed by atoms with Gasteiger partial charge in [-0.15, -0.1) is 11.3 Å². The number of nitro benzene ring substituents is 1. The van der Waals surface area contributed by atoms with Crippen LogP contribution in [-0.4, -0.2) is 20.7 Å². The maximum absolute atomic E-state index is 10.7. The maximum Gasteiger partial charge on any atom is 0.269 e. The van der Waals surface area contributed by atoms with Crippen LogP contribution in [0.4, 0.5) is 10.8 Å². The van der Waals surface area contributed by atoms with Crippen LogP contribution >= 0.6 is 11.3 Å². The van der Waals surface area contributed by atoms with Gasteiger partial charge in [0, 0.05) is 36.3 Å². The monoisotopic (exact) mass is 327 g/mol. The Morgan fingerprint density at radius 2 is 2.13 bits per heavy atom. The summed E-state index contributed by atoms with van der Waals surface area (Å²) in [5.74, 6) is 0. The number of hydrogen-bond donors (Lipinski definition) is 1. The molecule has 3 aromatic rings. The summed E-state index contributed by atoms with van der Waals surface area (Å²) in [6, 6.07) is 10.2. The average molecular weight is 327 g/mol. The van der Waals surface area contributed by atoms with E-state index in [-0.39, 0.29) is 5.69 Å². The number of rotatable bonds is 5. The predicted octanol–water partition coefficient (Wildman–Crippen LogP) is 3.50. The number of non-ortho nitro benzene ring substituents is 1. The zero-order chi connectivity index (χ0) is 16.2. The lowest BCUT2D eigenvalue weighted by Gasteiger charge is -1.97. The van der Waals surface area contributed by atoms with Crippen LogP contribution < -0.4 is 5.43 Å². The number of nitrogens with zero attached hydrogens (tertiary/aromatic N) is 4. The molecule has 2 aromatic heterocycles. The minimum atomic E-state index is -0.421. The van der Waals surface area contributed by atoms with E-state index in [4.69, 9.17) is 0 Å². The number of hydrogen-bond acceptors (Lipinski definition) is 6. The molecule has 0 spiro atoms. The van der Waals surface area contributed by atoms with Gasteiger partial charge in [-0.1, -0.05) is 0 Å². The van der Waals surface area contributed by atoms with E-state index >= 15 is 0 Å². The molecule has 7 nitrogen and oxygen atoms in total. The van der Waals surface area contributed by atoms with Crippen molar-refractivity contribution >= 4 is 28.4 Å². The first-order valence-electron chi connectivity index (χ1n) is 6.74. The number of anilines is 1. The number of nitrogens with one attached hydrogen (secondary N) is 1. The molecule has 0 bridgehead atoms. The third-order valence-electron chi connectivity index (χ3n) is 3.22. The number of hydrazone groups is 1. The van der Waals surface area contributed by atoms with Crippen molar-refractivity contribution in [1.29, 1.82) is 0 Å². The Morgan fingerprint density at radius 3 is 2.78 bits per heavy atom. The maximum atomic E-state index is 10.7. The molecule has 0 aliphatic rings. The van der Waals surface area contributed by atoms with Crippen LogP contribution in [0.1, 0.15) is 5.69 Å². The second kappa shape index (κ2) is 6.41. The molecule has 116 valence electrons. The van der Waals surface area contributed by atoms with Crippen molar-refractivity contribution in [3.63, 3.8) is 0 Å². The Kier molecular flexibility index (Phi) is 4.15. The summed E-state index contributed by atoms with van der Waals surface area (Å²) in [7, 11) is 1.94. The van der Waals surface area contributed by atoms with E-state index in [0.717, 1.165) is 17.0 Å². The van der Waals surface area contributed by atoms with Gasteiger partial charge in [0.05, 0.1) is 22.5 Å².